The van der Waals surface area contributed by atoms with Crippen molar-refractivity contribution in [1.82, 2.24) is 0 Å². The Morgan fingerprint density at radius 3 is 2.47 bits per heavy atom. The molecule has 0 aliphatic heterocycles. The molecule has 1 N–H and O–H groups in total. The van der Waals surface area contributed by atoms with Gasteiger partial charge in [-0.15, -0.1) is 0 Å². The quantitative estimate of drug-likeness (QED) is 0.639. The molecule has 1 rings (SSSR count). The first-order chi connectivity index (χ1) is 8.04. The Morgan fingerprint density at radius 1 is 1.41 bits per heavy atom. The number of hydrogen-bond donors (Lipinski definition) is 1. The lowest BCUT2D eigenvalue weighted by Gasteiger charge is -2.09. The van der Waals surface area contributed by atoms with Crippen LogP contribution in [0.1, 0.15) is 5.56 Å². The standard InChI is InChI=1S/C12H10Br2O3/c1-2-5-17-12-9(13)6-8(7-10(12)14)3-4-11(15)16/h2-4,6-7H,1,5H2,(H,15,16). The van der Waals surface area contributed by atoms with Crippen LogP contribution in [0.25, 0.3) is 6.08 Å². The number of aliphatic carboxylic acids is 1. The summed E-state index contributed by atoms with van der Waals surface area (Å²) in [4.78, 5) is 10.4. The van der Waals surface area contributed by atoms with E-state index in [9.17, 15) is 4.79 Å². The van der Waals surface area contributed by atoms with Crippen LogP contribution in [-0.4, -0.2) is 17.7 Å². The fourth-order valence-corrected chi connectivity index (χ4v) is 2.57. The van der Waals surface area contributed by atoms with E-state index in [-0.39, 0.29) is 0 Å². The summed E-state index contributed by atoms with van der Waals surface area (Å²) in [5, 5.41) is 8.54. The van der Waals surface area contributed by atoms with Crippen LogP contribution in [0, 0.1) is 0 Å². The van der Waals surface area contributed by atoms with Gasteiger partial charge in [0.25, 0.3) is 0 Å². The molecule has 0 unspecified atom stereocenters. The second-order valence-electron chi connectivity index (χ2n) is 3.08. The van der Waals surface area contributed by atoms with E-state index < -0.39 is 5.97 Å². The third-order valence-electron chi connectivity index (χ3n) is 1.78. The molecule has 3 nitrogen and oxygen atoms in total. The van der Waals surface area contributed by atoms with Crippen molar-refractivity contribution in [2.45, 2.75) is 0 Å². The predicted octanol–water partition coefficient (Wildman–Crippen LogP) is 3.87. The Balaban J connectivity index is 3.00. The van der Waals surface area contributed by atoms with Gasteiger partial charge in [-0.25, -0.2) is 4.79 Å². The minimum Gasteiger partial charge on any atom is -0.487 e. The van der Waals surface area contributed by atoms with E-state index in [1.807, 2.05) is 0 Å². The second-order valence-corrected chi connectivity index (χ2v) is 4.79. The van der Waals surface area contributed by atoms with Crippen LogP contribution < -0.4 is 4.74 Å². The van der Waals surface area contributed by atoms with Gasteiger partial charge in [-0.3, -0.25) is 0 Å². The topological polar surface area (TPSA) is 46.5 Å². The molecular formula is C12H10Br2O3. The predicted molar refractivity (Wildman–Crippen MR) is 74.2 cm³/mol. The Morgan fingerprint density at radius 2 is 2.00 bits per heavy atom. The Bertz CT molecular complexity index is 444. The Hall–Kier alpha value is -1.07. The molecule has 90 valence electrons. The van der Waals surface area contributed by atoms with Crippen LogP contribution in [-0.2, 0) is 4.79 Å². The average Bonchev–Trinajstić information content (AvgIpc) is 2.25. The maximum absolute atomic E-state index is 10.4. The van der Waals surface area contributed by atoms with Crippen molar-refractivity contribution in [3.63, 3.8) is 0 Å². The molecular weight excluding hydrogens is 352 g/mol. The summed E-state index contributed by atoms with van der Waals surface area (Å²) in [6.07, 6.45) is 4.24. The first-order valence-electron chi connectivity index (χ1n) is 4.68. The fraction of sp³-hybridized carbons (Fsp3) is 0.0833. The van der Waals surface area contributed by atoms with E-state index in [0.29, 0.717) is 12.4 Å². The summed E-state index contributed by atoms with van der Waals surface area (Å²) < 4.78 is 6.94. The van der Waals surface area contributed by atoms with Gasteiger partial charge in [0.05, 0.1) is 8.95 Å². The fourth-order valence-electron chi connectivity index (χ4n) is 1.12. The third kappa shape index (κ3) is 4.36. The minimum atomic E-state index is -0.982. The summed E-state index contributed by atoms with van der Waals surface area (Å²) >= 11 is 6.73. The van der Waals surface area contributed by atoms with Gasteiger partial charge in [-0.2, -0.15) is 0 Å². The molecule has 0 saturated heterocycles. The van der Waals surface area contributed by atoms with Crippen LogP contribution in [0.3, 0.4) is 0 Å². The molecule has 0 heterocycles. The summed E-state index contributed by atoms with van der Waals surface area (Å²) in [6, 6.07) is 3.56. The molecule has 0 spiro atoms. The van der Waals surface area contributed by atoms with Gasteiger partial charge in [0.1, 0.15) is 12.4 Å². The highest BCUT2D eigenvalue weighted by atomic mass is 79.9. The van der Waals surface area contributed by atoms with E-state index >= 15 is 0 Å². The summed E-state index contributed by atoms with van der Waals surface area (Å²) in [6.45, 7) is 3.97. The van der Waals surface area contributed by atoms with Crippen molar-refractivity contribution >= 4 is 43.9 Å². The Kier molecular flexibility index (Phi) is 5.44. The molecule has 0 aliphatic rings. The molecule has 0 atom stereocenters. The molecule has 0 aromatic heterocycles. The molecule has 1 aromatic rings. The normalized spacial score (nSPS) is 10.5. The maximum Gasteiger partial charge on any atom is 0.328 e. The van der Waals surface area contributed by atoms with Gasteiger partial charge >= 0.3 is 5.97 Å². The van der Waals surface area contributed by atoms with Crippen LogP contribution in [0.15, 0.2) is 39.8 Å². The lowest BCUT2D eigenvalue weighted by atomic mass is 10.2. The zero-order valence-electron chi connectivity index (χ0n) is 8.82. The smallest absolute Gasteiger partial charge is 0.328 e. The van der Waals surface area contributed by atoms with Gasteiger partial charge in [0, 0.05) is 6.08 Å². The molecule has 0 saturated carbocycles. The van der Waals surface area contributed by atoms with E-state index in [1.165, 1.54) is 6.08 Å². The molecule has 5 heteroatoms. The zero-order valence-corrected chi connectivity index (χ0v) is 12.0. The highest BCUT2D eigenvalue weighted by Gasteiger charge is 2.07. The Labute approximate surface area is 116 Å². The van der Waals surface area contributed by atoms with Crippen LogP contribution in [0.5, 0.6) is 5.75 Å². The van der Waals surface area contributed by atoms with E-state index in [4.69, 9.17) is 9.84 Å². The van der Waals surface area contributed by atoms with Gasteiger partial charge < -0.3 is 9.84 Å². The number of carboxylic acids is 1. The van der Waals surface area contributed by atoms with Crippen molar-refractivity contribution in [3.05, 3.63) is 45.4 Å². The molecule has 1 aromatic carbocycles. The van der Waals surface area contributed by atoms with Gasteiger partial charge in [0.2, 0.25) is 0 Å². The van der Waals surface area contributed by atoms with E-state index in [1.54, 1.807) is 18.2 Å². The summed E-state index contributed by atoms with van der Waals surface area (Å²) in [7, 11) is 0. The first-order valence-corrected chi connectivity index (χ1v) is 6.27. The molecule has 0 fully saturated rings. The average molecular weight is 362 g/mol. The molecule has 0 aliphatic carbocycles. The molecule has 0 bridgehead atoms. The second kappa shape index (κ2) is 6.61. The number of carbonyl (C=O) groups is 1. The zero-order chi connectivity index (χ0) is 12.8. The SMILES string of the molecule is C=CCOc1c(Br)cc(C=CC(=O)O)cc1Br. The largest absolute Gasteiger partial charge is 0.487 e. The van der Waals surface area contributed by atoms with Crippen molar-refractivity contribution < 1.29 is 14.6 Å². The van der Waals surface area contributed by atoms with Crippen molar-refractivity contribution in [1.29, 1.82) is 0 Å². The minimum absolute atomic E-state index is 0.404. The number of carboxylic acid groups (broad SMARTS) is 1. The lowest BCUT2D eigenvalue weighted by Crippen LogP contribution is -1.95. The number of ether oxygens (including phenoxy) is 1. The summed E-state index contributed by atoms with van der Waals surface area (Å²) in [5.74, 6) is -0.318. The molecule has 0 radical (unpaired) electrons. The monoisotopic (exact) mass is 360 g/mol. The number of rotatable bonds is 5. The molecule has 17 heavy (non-hydrogen) atoms. The van der Waals surface area contributed by atoms with Gasteiger partial charge in [-0.05, 0) is 55.6 Å². The van der Waals surface area contributed by atoms with Crippen LogP contribution in [0.4, 0.5) is 0 Å². The number of benzene rings is 1. The first kappa shape index (κ1) is 14.0. The van der Waals surface area contributed by atoms with Crippen molar-refractivity contribution in [2.75, 3.05) is 6.61 Å². The molecule has 0 amide bonds. The van der Waals surface area contributed by atoms with Crippen LogP contribution >= 0.6 is 31.9 Å². The maximum atomic E-state index is 10.4. The van der Waals surface area contributed by atoms with E-state index in [2.05, 4.69) is 38.4 Å². The van der Waals surface area contributed by atoms with Crippen molar-refractivity contribution in [3.8, 4) is 5.75 Å². The van der Waals surface area contributed by atoms with Gasteiger partial charge in [0.15, 0.2) is 0 Å². The highest BCUT2D eigenvalue weighted by Crippen LogP contribution is 2.35. The van der Waals surface area contributed by atoms with Gasteiger partial charge in [-0.1, -0.05) is 12.7 Å². The van der Waals surface area contributed by atoms with E-state index in [0.717, 1.165) is 20.6 Å². The number of hydrogen-bond acceptors (Lipinski definition) is 2. The highest BCUT2D eigenvalue weighted by molar-refractivity contribution is 9.11. The van der Waals surface area contributed by atoms with Crippen molar-refractivity contribution in [2.24, 2.45) is 0 Å². The van der Waals surface area contributed by atoms with Crippen LogP contribution in [0.2, 0.25) is 0 Å². The lowest BCUT2D eigenvalue weighted by molar-refractivity contribution is -0.131. The summed E-state index contributed by atoms with van der Waals surface area (Å²) in [5.41, 5.74) is 0.761. The third-order valence-corrected chi connectivity index (χ3v) is 2.96. The number of halogens is 2.